The molecule has 144 valence electrons. The Bertz CT molecular complexity index is 867. The van der Waals surface area contributed by atoms with Gasteiger partial charge in [0.1, 0.15) is 11.4 Å². The number of amides is 1. The van der Waals surface area contributed by atoms with Crippen LogP contribution in [0.3, 0.4) is 0 Å². The summed E-state index contributed by atoms with van der Waals surface area (Å²) in [5.74, 6) is -0.278. The largest absolute Gasteiger partial charge is 0.444 e. The number of nitrogens with two attached hydrogens (primary N) is 1. The number of hydrogen-bond acceptors (Lipinski definition) is 6. The van der Waals surface area contributed by atoms with E-state index in [1.807, 2.05) is 32.2 Å². The van der Waals surface area contributed by atoms with Crippen molar-refractivity contribution < 1.29 is 13.9 Å². The second-order valence-corrected chi connectivity index (χ2v) is 8.96. The molecule has 6 nitrogen and oxygen atoms in total. The molecule has 5 rings (SSSR count). The van der Waals surface area contributed by atoms with Crippen LogP contribution in [0.15, 0.2) is 23.6 Å². The number of benzene rings is 1. The van der Waals surface area contributed by atoms with Crippen LogP contribution >= 0.6 is 11.3 Å². The van der Waals surface area contributed by atoms with E-state index in [4.69, 9.17) is 10.5 Å². The van der Waals surface area contributed by atoms with Gasteiger partial charge in [0.2, 0.25) is 0 Å². The van der Waals surface area contributed by atoms with Crippen molar-refractivity contribution in [1.82, 2.24) is 9.88 Å². The number of carbonyl (C=O) groups is 1. The van der Waals surface area contributed by atoms with Gasteiger partial charge in [0.25, 0.3) is 0 Å². The first-order chi connectivity index (χ1) is 12.7. The van der Waals surface area contributed by atoms with Gasteiger partial charge in [0.05, 0.1) is 11.4 Å². The second-order valence-electron chi connectivity index (χ2n) is 8.07. The normalized spacial score (nSPS) is 21.8. The van der Waals surface area contributed by atoms with Gasteiger partial charge in [0.15, 0.2) is 5.13 Å². The summed E-state index contributed by atoms with van der Waals surface area (Å²) in [4.78, 5) is 20.3. The van der Waals surface area contributed by atoms with Gasteiger partial charge < -0.3 is 20.3 Å². The minimum Gasteiger partial charge on any atom is -0.444 e. The number of nitrogen functional groups attached to an aromatic ring is 1. The fraction of sp³-hybridized carbons (Fsp3) is 0.474. The maximum Gasteiger partial charge on any atom is 0.410 e. The summed E-state index contributed by atoms with van der Waals surface area (Å²) in [6.45, 7) is 6.67. The number of rotatable bonds is 2. The lowest BCUT2D eigenvalue weighted by atomic mass is 9.86. The van der Waals surface area contributed by atoms with Gasteiger partial charge in [-0.1, -0.05) is 6.07 Å². The number of piperazine rings is 1. The molecule has 3 aliphatic rings. The maximum absolute atomic E-state index is 14.8. The first-order valence-electron chi connectivity index (χ1n) is 8.98. The van der Waals surface area contributed by atoms with E-state index in [0.717, 1.165) is 6.42 Å². The van der Waals surface area contributed by atoms with Gasteiger partial charge in [-0.15, -0.1) is 11.3 Å². The molecule has 2 bridgehead atoms. The van der Waals surface area contributed by atoms with Gasteiger partial charge in [-0.05, 0) is 39.3 Å². The lowest BCUT2D eigenvalue weighted by Crippen LogP contribution is -2.70. The standard InChI is InChI=1S/C19H23FN4O2S/c1-19(2,3)26-18(25)23-8-12-7-13(9-23)24(12)16-5-4-11(6-14(16)20)15-10-27-17(21)22-15/h4-6,10,12-13H,7-9H2,1-3H3,(H2,21,22). The monoisotopic (exact) mass is 390 g/mol. The molecule has 0 saturated carbocycles. The third-order valence-corrected chi connectivity index (χ3v) is 5.56. The van der Waals surface area contributed by atoms with Crippen molar-refractivity contribution in [2.75, 3.05) is 23.7 Å². The van der Waals surface area contributed by atoms with Crippen LogP contribution in [0.5, 0.6) is 0 Å². The summed E-state index contributed by atoms with van der Waals surface area (Å²) in [5.41, 5.74) is 7.12. The topological polar surface area (TPSA) is 71.7 Å². The van der Waals surface area contributed by atoms with Crippen molar-refractivity contribution in [2.24, 2.45) is 0 Å². The lowest BCUT2D eigenvalue weighted by molar-refractivity contribution is 0.00847. The first kappa shape index (κ1) is 18.0. The summed E-state index contributed by atoms with van der Waals surface area (Å²) < 4.78 is 20.3. The highest BCUT2D eigenvalue weighted by molar-refractivity contribution is 7.13. The Hall–Kier alpha value is -2.35. The van der Waals surface area contributed by atoms with Gasteiger partial charge >= 0.3 is 6.09 Å². The average Bonchev–Trinajstić information content (AvgIpc) is 3.01. The summed E-state index contributed by atoms with van der Waals surface area (Å²) in [6.07, 6.45) is 0.664. The van der Waals surface area contributed by atoms with E-state index in [2.05, 4.69) is 9.88 Å². The van der Waals surface area contributed by atoms with Crippen LogP contribution in [-0.2, 0) is 4.74 Å². The Labute approximate surface area is 161 Å². The summed E-state index contributed by atoms with van der Waals surface area (Å²) in [6, 6.07) is 5.40. The number of halogens is 1. The van der Waals surface area contributed by atoms with E-state index in [0.29, 0.717) is 35.2 Å². The molecule has 4 heterocycles. The molecule has 2 atom stereocenters. The van der Waals surface area contributed by atoms with E-state index in [9.17, 15) is 9.18 Å². The first-order valence-corrected chi connectivity index (χ1v) is 9.86. The van der Waals surface area contributed by atoms with Crippen LogP contribution in [0.1, 0.15) is 27.2 Å². The van der Waals surface area contributed by atoms with Crippen LogP contribution in [0, 0.1) is 5.82 Å². The van der Waals surface area contributed by atoms with E-state index in [1.54, 1.807) is 11.0 Å². The number of thiazole rings is 1. The molecule has 3 saturated heterocycles. The number of piperidine rings is 1. The molecule has 2 N–H and O–H groups in total. The second kappa shape index (κ2) is 6.37. The zero-order valence-corrected chi connectivity index (χ0v) is 16.4. The molecule has 2 aromatic rings. The molecule has 0 aliphatic carbocycles. The van der Waals surface area contributed by atoms with Crippen LogP contribution < -0.4 is 10.6 Å². The Morgan fingerprint density at radius 1 is 1.33 bits per heavy atom. The van der Waals surface area contributed by atoms with Gasteiger partial charge in [-0.3, -0.25) is 0 Å². The van der Waals surface area contributed by atoms with Crippen LogP contribution in [0.4, 0.5) is 20.0 Å². The van der Waals surface area contributed by atoms with Crippen molar-refractivity contribution >= 4 is 28.2 Å². The third kappa shape index (κ3) is 3.45. The molecule has 1 aromatic carbocycles. The number of hydrogen-bond donors (Lipinski definition) is 1. The summed E-state index contributed by atoms with van der Waals surface area (Å²) in [5, 5.41) is 2.29. The maximum atomic E-state index is 14.8. The Morgan fingerprint density at radius 2 is 2.04 bits per heavy atom. The number of carbonyl (C=O) groups excluding carboxylic acids is 1. The quantitative estimate of drug-likeness (QED) is 0.846. The zero-order valence-electron chi connectivity index (χ0n) is 15.6. The molecule has 1 amide bonds. The highest BCUT2D eigenvalue weighted by atomic mass is 32.1. The molecular formula is C19H23FN4O2S. The predicted molar refractivity (Wildman–Crippen MR) is 104 cm³/mol. The fourth-order valence-electron chi connectivity index (χ4n) is 3.77. The van der Waals surface area contributed by atoms with Crippen LogP contribution in [0.25, 0.3) is 11.3 Å². The Balaban J connectivity index is 1.48. The van der Waals surface area contributed by atoms with E-state index in [1.165, 1.54) is 17.4 Å². The van der Waals surface area contributed by atoms with Crippen molar-refractivity contribution in [3.8, 4) is 11.3 Å². The fourth-order valence-corrected chi connectivity index (χ4v) is 4.35. The molecule has 3 fully saturated rings. The van der Waals surface area contributed by atoms with E-state index >= 15 is 0 Å². The zero-order chi connectivity index (χ0) is 19.3. The molecule has 8 heteroatoms. The van der Waals surface area contributed by atoms with E-state index in [-0.39, 0.29) is 24.0 Å². The number of nitrogens with zero attached hydrogens (tertiary/aromatic N) is 3. The molecule has 27 heavy (non-hydrogen) atoms. The van der Waals surface area contributed by atoms with Gasteiger partial charge in [-0.25, -0.2) is 14.2 Å². The third-order valence-electron chi connectivity index (χ3n) is 4.89. The van der Waals surface area contributed by atoms with Crippen molar-refractivity contribution in [3.63, 3.8) is 0 Å². The highest BCUT2D eigenvalue weighted by Crippen LogP contribution is 2.39. The molecule has 3 aliphatic heterocycles. The van der Waals surface area contributed by atoms with Crippen molar-refractivity contribution in [1.29, 1.82) is 0 Å². The van der Waals surface area contributed by atoms with Crippen molar-refractivity contribution in [3.05, 3.63) is 29.4 Å². The number of anilines is 2. The Kier molecular flexibility index (Phi) is 4.25. The lowest BCUT2D eigenvalue weighted by Gasteiger charge is -2.57. The molecule has 2 unspecified atom stereocenters. The SMILES string of the molecule is CC(C)(C)OC(=O)N1CC2CC(C1)N2c1ccc(-c2csc(N)n2)cc1F. The minimum absolute atomic E-state index is 0.117. The predicted octanol–water partition coefficient (Wildman–Crippen LogP) is 3.73. The van der Waals surface area contributed by atoms with Gasteiger partial charge in [-0.2, -0.15) is 0 Å². The van der Waals surface area contributed by atoms with Crippen LogP contribution in [-0.4, -0.2) is 46.8 Å². The van der Waals surface area contributed by atoms with Crippen molar-refractivity contribution in [2.45, 2.75) is 44.9 Å². The average molecular weight is 390 g/mol. The molecule has 1 aromatic heterocycles. The number of ether oxygens (including phenoxy) is 1. The number of aromatic nitrogens is 1. The molecule has 0 radical (unpaired) electrons. The van der Waals surface area contributed by atoms with Crippen LogP contribution in [0.2, 0.25) is 0 Å². The van der Waals surface area contributed by atoms with Gasteiger partial charge in [0, 0.05) is 36.1 Å². The number of fused-ring (bicyclic) bond motifs is 2. The summed E-state index contributed by atoms with van der Waals surface area (Å²) >= 11 is 1.34. The molecule has 0 spiro atoms. The van der Waals surface area contributed by atoms with E-state index < -0.39 is 5.60 Å². The minimum atomic E-state index is -0.514. The smallest absolute Gasteiger partial charge is 0.410 e. The highest BCUT2D eigenvalue weighted by Gasteiger charge is 2.47. The Morgan fingerprint density at radius 3 is 2.59 bits per heavy atom. The molecular weight excluding hydrogens is 367 g/mol. The summed E-state index contributed by atoms with van der Waals surface area (Å²) in [7, 11) is 0.